The van der Waals surface area contributed by atoms with Crippen molar-refractivity contribution < 1.29 is 14.3 Å². The Morgan fingerprint density at radius 1 is 0.659 bits per heavy atom. The molecule has 44 heavy (non-hydrogen) atoms. The van der Waals surface area contributed by atoms with Crippen molar-refractivity contribution >= 4 is 28.6 Å². The Balaban J connectivity index is 1.29. The molecule has 5 aromatic rings. The van der Waals surface area contributed by atoms with Crippen molar-refractivity contribution in [3.8, 4) is 11.5 Å². The highest BCUT2D eigenvalue weighted by Crippen LogP contribution is 2.43. The number of nitrogens with one attached hydrogen (secondary N) is 2. The third-order valence-electron chi connectivity index (χ3n) is 7.71. The standard InChI is InChI=1S/C38H35N3O3/c1-43-34-22-32-33(23-35(34)44-2)40-38(42)36(32)37(30-16-10-5-11-17-30)39-31-20-18-29(19-21-31)26-41(24-27-12-6-3-7-13-27)25-28-14-8-4-9-15-28/h3-23,39H,24-26H2,1-2H3,(H,40,42)/b37-36-. The smallest absolute Gasteiger partial charge is 0.258 e. The average Bonchev–Trinajstić information content (AvgIpc) is 3.39. The predicted octanol–water partition coefficient (Wildman–Crippen LogP) is 7.84. The van der Waals surface area contributed by atoms with Crippen LogP contribution < -0.4 is 20.1 Å². The molecule has 1 heterocycles. The van der Waals surface area contributed by atoms with Crippen LogP contribution in [0.15, 0.2) is 127 Å². The van der Waals surface area contributed by atoms with Gasteiger partial charge in [-0.25, -0.2) is 0 Å². The first-order valence-electron chi connectivity index (χ1n) is 14.6. The topological polar surface area (TPSA) is 62.8 Å². The predicted molar refractivity (Wildman–Crippen MR) is 177 cm³/mol. The van der Waals surface area contributed by atoms with Gasteiger partial charge in [0, 0.05) is 37.0 Å². The van der Waals surface area contributed by atoms with E-state index in [0.717, 1.165) is 42.1 Å². The van der Waals surface area contributed by atoms with Gasteiger partial charge in [-0.2, -0.15) is 0 Å². The van der Waals surface area contributed by atoms with Crippen molar-refractivity contribution in [2.75, 3.05) is 24.9 Å². The zero-order valence-corrected chi connectivity index (χ0v) is 24.9. The number of fused-ring (bicyclic) bond motifs is 1. The molecular formula is C38H35N3O3. The van der Waals surface area contributed by atoms with Crippen molar-refractivity contribution in [3.63, 3.8) is 0 Å². The quantitative estimate of drug-likeness (QED) is 0.156. The van der Waals surface area contributed by atoms with Crippen LogP contribution in [0.4, 0.5) is 11.4 Å². The molecule has 0 saturated heterocycles. The molecule has 1 amide bonds. The lowest BCUT2D eigenvalue weighted by Gasteiger charge is -2.23. The zero-order valence-electron chi connectivity index (χ0n) is 24.9. The normalized spacial score (nSPS) is 13.3. The van der Waals surface area contributed by atoms with Crippen LogP contribution in [-0.2, 0) is 24.4 Å². The van der Waals surface area contributed by atoms with Gasteiger partial charge in [-0.05, 0) is 40.5 Å². The van der Waals surface area contributed by atoms with Crippen LogP contribution >= 0.6 is 0 Å². The second kappa shape index (κ2) is 13.3. The summed E-state index contributed by atoms with van der Waals surface area (Å²) in [5.41, 5.74) is 8.27. The number of methoxy groups -OCH3 is 2. The molecular weight excluding hydrogens is 546 g/mol. The number of ether oxygens (including phenoxy) is 2. The second-order valence-electron chi connectivity index (χ2n) is 10.8. The summed E-state index contributed by atoms with van der Waals surface area (Å²) in [6, 6.07) is 43.1. The molecule has 1 aliphatic heterocycles. The molecule has 1 aliphatic rings. The minimum Gasteiger partial charge on any atom is -0.493 e. The molecule has 0 atom stereocenters. The third-order valence-corrected chi connectivity index (χ3v) is 7.71. The number of anilines is 2. The molecule has 0 unspecified atom stereocenters. The van der Waals surface area contributed by atoms with E-state index in [4.69, 9.17) is 9.47 Å². The minimum atomic E-state index is -0.184. The summed E-state index contributed by atoms with van der Waals surface area (Å²) in [5, 5.41) is 6.57. The Morgan fingerprint density at radius 3 is 1.70 bits per heavy atom. The Labute approximate surface area is 258 Å². The number of rotatable bonds is 11. The molecule has 2 N–H and O–H groups in total. The number of nitrogens with zero attached hydrogens (tertiary/aromatic N) is 1. The summed E-state index contributed by atoms with van der Waals surface area (Å²) in [7, 11) is 3.18. The van der Waals surface area contributed by atoms with E-state index in [0.29, 0.717) is 22.8 Å². The molecule has 0 aromatic heterocycles. The molecule has 0 spiro atoms. The summed E-state index contributed by atoms with van der Waals surface area (Å²) in [5.74, 6) is 0.939. The Hall–Kier alpha value is -5.33. The van der Waals surface area contributed by atoms with Crippen molar-refractivity contribution in [2.24, 2.45) is 0 Å². The SMILES string of the molecule is COc1cc2c(cc1OC)/C(=C(/Nc1ccc(CN(Cc3ccccc3)Cc3ccccc3)cc1)c1ccccc1)C(=O)N2. The zero-order chi connectivity index (χ0) is 30.3. The average molecular weight is 582 g/mol. The third kappa shape index (κ3) is 6.51. The lowest BCUT2D eigenvalue weighted by atomic mass is 9.99. The molecule has 0 fully saturated rings. The molecule has 5 aromatic carbocycles. The maximum atomic E-state index is 13.4. The highest BCUT2D eigenvalue weighted by atomic mass is 16.5. The molecule has 6 nitrogen and oxygen atoms in total. The molecule has 0 radical (unpaired) electrons. The van der Waals surface area contributed by atoms with Gasteiger partial charge in [0.2, 0.25) is 0 Å². The number of carbonyl (C=O) groups is 1. The second-order valence-corrected chi connectivity index (χ2v) is 10.8. The van der Waals surface area contributed by atoms with E-state index in [9.17, 15) is 4.79 Å². The largest absolute Gasteiger partial charge is 0.493 e. The maximum absolute atomic E-state index is 13.4. The fraction of sp³-hybridized carbons (Fsp3) is 0.132. The van der Waals surface area contributed by atoms with Crippen LogP contribution in [0, 0.1) is 0 Å². The summed E-state index contributed by atoms with van der Waals surface area (Å²) in [6.07, 6.45) is 0. The molecule has 220 valence electrons. The van der Waals surface area contributed by atoms with Crippen LogP contribution in [0.3, 0.4) is 0 Å². The Morgan fingerprint density at radius 2 is 1.16 bits per heavy atom. The van der Waals surface area contributed by atoms with E-state index in [1.165, 1.54) is 16.7 Å². The summed E-state index contributed by atoms with van der Waals surface area (Å²) in [6.45, 7) is 2.50. The summed E-state index contributed by atoms with van der Waals surface area (Å²) in [4.78, 5) is 15.9. The van der Waals surface area contributed by atoms with Crippen LogP contribution in [-0.4, -0.2) is 25.0 Å². The molecule has 6 heteroatoms. The monoisotopic (exact) mass is 581 g/mol. The fourth-order valence-corrected chi connectivity index (χ4v) is 5.58. The minimum absolute atomic E-state index is 0.184. The van der Waals surface area contributed by atoms with Crippen molar-refractivity contribution in [1.29, 1.82) is 0 Å². The van der Waals surface area contributed by atoms with Gasteiger partial charge in [-0.1, -0.05) is 103 Å². The van der Waals surface area contributed by atoms with Gasteiger partial charge < -0.3 is 20.1 Å². The summed E-state index contributed by atoms with van der Waals surface area (Å²) >= 11 is 0. The van der Waals surface area contributed by atoms with E-state index < -0.39 is 0 Å². The Kier molecular flexibility index (Phi) is 8.71. The van der Waals surface area contributed by atoms with Gasteiger partial charge in [0.25, 0.3) is 5.91 Å². The molecule has 0 aliphatic carbocycles. The Bertz CT molecular complexity index is 1710. The molecule has 6 rings (SSSR count). The lowest BCUT2D eigenvalue weighted by molar-refractivity contribution is -0.110. The van der Waals surface area contributed by atoms with Crippen LogP contribution in [0.5, 0.6) is 11.5 Å². The number of benzene rings is 5. The van der Waals surface area contributed by atoms with E-state index in [2.05, 4.69) is 100 Å². The van der Waals surface area contributed by atoms with Crippen LogP contribution in [0.25, 0.3) is 11.3 Å². The first kappa shape index (κ1) is 28.8. The first-order chi connectivity index (χ1) is 21.6. The molecule has 0 bridgehead atoms. The molecule has 0 saturated carbocycles. The fourth-order valence-electron chi connectivity index (χ4n) is 5.58. The van der Waals surface area contributed by atoms with E-state index >= 15 is 0 Å². The highest BCUT2D eigenvalue weighted by Gasteiger charge is 2.30. The van der Waals surface area contributed by atoms with Gasteiger partial charge in [0.1, 0.15) is 0 Å². The van der Waals surface area contributed by atoms with E-state index in [-0.39, 0.29) is 5.91 Å². The van der Waals surface area contributed by atoms with Gasteiger partial charge in [0.15, 0.2) is 11.5 Å². The van der Waals surface area contributed by atoms with Gasteiger partial charge in [-0.15, -0.1) is 0 Å². The van der Waals surface area contributed by atoms with E-state index in [1.807, 2.05) is 36.4 Å². The summed E-state index contributed by atoms with van der Waals surface area (Å²) < 4.78 is 11.0. The van der Waals surface area contributed by atoms with E-state index in [1.54, 1.807) is 20.3 Å². The number of hydrogen-bond acceptors (Lipinski definition) is 5. The van der Waals surface area contributed by atoms with Crippen LogP contribution in [0.2, 0.25) is 0 Å². The van der Waals surface area contributed by atoms with Crippen molar-refractivity contribution in [2.45, 2.75) is 19.6 Å². The van der Waals surface area contributed by atoms with Gasteiger partial charge in [-0.3, -0.25) is 9.69 Å². The lowest BCUT2D eigenvalue weighted by Crippen LogP contribution is -2.22. The number of amides is 1. The van der Waals surface area contributed by atoms with Gasteiger partial charge >= 0.3 is 0 Å². The van der Waals surface area contributed by atoms with Crippen molar-refractivity contribution in [3.05, 3.63) is 155 Å². The maximum Gasteiger partial charge on any atom is 0.258 e. The number of carbonyl (C=O) groups excluding carboxylic acids is 1. The highest BCUT2D eigenvalue weighted by molar-refractivity contribution is 6.37. The first-order valence-corrected chi connectivity index (χ1v) is 14.6. The van der Waals surface area contributed by atoms with Crippen molar-refractivity contribution in [1.82, 2.24) is 4.90 Å². The van der Waals surface area contributed by atoms with Crippen LogP contribution in [0.1, 0.15) is 27.8 Å². The van der Waals surface area contributed by atoms with Gasteiger partial charge in [0.05, 0.1) is 31.2 Å². The number of hydrogen-bond donors (Lipinski definition) is 2.